The van der Waals surface area contributed by atoms with Gasteiger partial charge in [0.05, 0.1) is 5.56 Å². The molecular weight excluding hydrogens is 247 g/mol. The summed E-state index contributed by atoms with van der Waals surface area (Å²) in [4.78, 5) is 0.779. The number of hydrogen-bond donors (Lipinski definition) is 1. The quantitative estimate of drug-likeness (QED) is 0.901. The Bertz CT molecular complexity index is 403. The lowest BCUT2D eigenvalue weighted by molar-refractivity contribution is -0.137. The van der Waals surface area contributed by atoms with E-state index in [1.807, 2.05) is 0 Å². The molecule has 0 aliphatic carbocycles. The maximum atomic E-state index is 12.5. The molecule has 1 nitrogen and oxygen atoms in total. The molecule has 94 valence electrons. The molecule has 1 aliphatic heterocycles. The van der Waals surface area contributed by atoms with Gasteiger partial charge in [-0.25, -0.2) is 0 Å². The molecule has 0 aromatic heterocycles. The SMILES string of the molecule is NCCCC1Cc2ccc(C(F)(F)F)cc2S1. The minimum atomic E-state index is -4.25. The average Bonchev–Trinajstić information content (AvgIpc) is 2.66. The highest BCUT2D eigenvalue weighted by molar-refractivity contribution is 8.00. The zero-order chi connectivity index (χ0) is 12.5. The van der Waals surface area contributed by atoms with E-state index >= 15 is 0 Å². The number of alkyl halides is 3. The molecule has 1 heterocycles. The second-order valence-electron chi connectivity index (χ2n) is 4.20. The molecule has 2 N–H and O–H groups in total. The van der Waals surface area contributed by atoms with E-state index in [0.29, 0.717) is 11.8 Å². The molecular formula is C12H14F3NS. The zero-order valence-corrected chi connectivity index (χ0v) is 10.1. The summed E-state index contributed by atoms with van der Waals surface area (Å²) in [5.41, 5.74) is 5.91. The Balaban J connectivity index is 2.11. The summed E-state index contributed by atoms with van der Waals surface area (Å²) >= 11 is 1.55. The first-order chi connectivity index (χ1) is 8.00. The molecule has 1 atom stereocenters. The number of benzene rings is 1. The minimum absolute atomic E-state index is 0.386. The van der Waals surface area contributed by atoms with Crippen LogP contribution < -0.4 is 5.73 Å². The zero-order valence-electron chi connectivity index (χ0n) is 9.26. The van der Waals surface area contributed by atoms with Gasteiger partial charge in [-0.2, -0.15) is 13.2 Å². The lowest BCUT2D eigenvalue weighted by atomic mass is 10.1. The second kappa shape index (κ2) is 4.90. The molecule has 1 aromatic carbocycles. The first-order valence-electron chi connectivity index (χ1n) is 5.57. The van der Waals surface area contributed by atoms with E-state index in [4.69, 9.17) is 5.73 Å². The Morgan fingerprint density at radius 1 is 1.35 bits per heavy atom. The van der Waals surface area contributed by atoms with Crippen LogP contribution in [0.2, 0.25) is 0 Å². The normalized spacial score (nSPS) is 19.4. The summed E-state index contributed by atoms with van der Waals surface area (Å²) in [6.07, 6.45) is -1.49. The van der Waals surface area contributed by atoms with Crippen molar-refractivity contribution in [2.75, 3.05) is 6.54 Å². The smallest absolute Gasteiger partial charge is 0.330 e. The molecule has 1 unspecified atom stereocenters. The molecule has 0 radical (unpaired) electrons. The fourth-order valence-corrected chi connectivity index (χ4v) is 3.39. The van der Waals surface area contributed by atoms with Crippen molar-refractivity contribution in [3.8, 4) is 0 Å². The number of halogens is 3. The molecule has 0 spiro atoms. The van der Waals surface area contributed by atoms with Gasteiger partial charge in [-0.3, -0.25) is 0 Å². The van der Waals surface area contributed by atoms with Crippen molar-refractivity contribution >= 4 is 11.8 Å². The van der Waals surface area contributed by atoms with Crippen LogP contribution in [0.3, 0.4) is 0 Å². The third kappa shape index (κ3) is 2.96. The Kier molecular flexibility index (Phi) is 3.68. The van der Waals surface area contributed by atoms with Gasteiger partial charge in [0.25, 0.3) is 0 Å². The molecule has 0 amide bonds. The van der Waals surface area contributed by atoms with Gasteiger partial charge in [-0.1, -0.05) is 6.07 Å². The van der Waals surface area contributed by atoms with Crippen molar-refractivity contribution < 1.29 is 13.2 Å². The summed E-state index contributed by atoms with van der Waals surface area (Å²) < 4.78 is 37.6. The van der Waals surface area contributed by atoms with Crippen LogP contribution in [0, 0.1) is 0 Å². The van der Waals surface area contributed by atoms with E-state index in [1.54, 1.807) is 17.8 Å². The molecule has 17 heavy (non-hydrogen) atoms. The molecule has 0 saturated carbocycles. The van der Waals surface area contributed by atoms with Gasteiger partial charge in [-0.05, 0) is 43.5 Å². The van der Waals surface area contributed by atoms with E-state index in [1.165, 1.54) is 12.1 Å². The number of fused-ring (bicyclic) bond motifs is 1. The largest absolute Gasteiger partial charge is 0.416 e. The third-order valence-electron chi connectivity index (χ3n) is 2.87. The number of hydrogen-bond acceptors (Lipinski definition) is 2. The summed E-state index contributed by atoms with van der Waals surface area (Å²) in [6, 6.07) is 4.04. The van der Waals surface area contributed by atoms with E-state index in [9.17, 15) is 13.2 Å². The summed E-state index contributed by atoms with van der Waals surface area (Å²) in [5.74, 6) is 0. The maximum absolute atomic E-state index is 12.5. The van der Waals surface area contributed by atoms with E-state index in [-0.39, 0.29) is 0 Å². The molecule has 0 bridgehead atoms. The van der Waals surface area contributed by atoms with Crippen molar-refractivity contribution in [3.63, 3.8) is 0 Å². The van der Waals surface area contributed by atoms with E-state index < -0.39 is 11.7 Å². The van der Waals surface area contributed by atoms with Gasteiger partial charge in [0, 0.05) is 10.1 Å². The van der Waals surface area contributed by atoms with Crippen LogP contribution in [0.5, 0.6) is 0 Å². The summed E-state index contributed by atoms with van der Waals surface area (Å²) in [7, 11) is 0. The third-order valence-corrected chi connectivity index (χ3v) is 4.24. The lowest BCUT2D eigenvalue weighted by Crippen LogP contribution is -2.06. The van der Waals surface area contributed by atoms with Crippen LogP contribution in [0.25, 0.3) is 0 Å². The Hall–Kier alpha value is -0.680. The van der Waals surface area contributed by atoms with Gasteiger partial charge in [-0.15, -0.1) is 11.8 Å². The van der Waals surface area contributed by atoms with E-state index in [0.717, 1.165) is 29.7 Å². The maximum Gasteiger partial charge on any atom is 0.416 e. The standard InChI is InChI=1S/C12H14F3NS/c13-12(14,15)9-4-3-8-6-10(2-1-5-16)17-11(8)7-9/h3-4,7,10H,1-2,5-6,16H2. The number of nitrogens with two attached hydrogens (primary N) is 1. The van der Waals surface area contributed by atoms with Crippen molar-refractivity contribution in [1.29, 1.82) is 0 Å². The van der Waals surface area contributed by atoms with Crippen molar-refractivity contribution in [1.82, 2.24) is 0 Å². The predicted octanol–water partition coefficient (Wildman–Crippen LogP) is 3.46. The molecule has 1 aliphatic rings. The molecule has 5 heteroatoms. The molecule has 2 rings (SSSR count). The molecule has 0 fully saturated rings. The van der Waals surface area contributed by atoms with Gasteiger partial charge in [0.2, 0.25) is 0 Å². The van der Waals surface area contributed by atoms with Crippen molar-refractivity contribution in [2.24, 2.45) is 5.73 Å². The van der Waals surface area contributed by atoms with E-state index in [2.05, 4.69) is 0 Å². The highest BCUT2D eigenvalue weighted by atomic mass is 32.2. The summed E-state index contributed by atoms with van der Waals surface area (Å²) in [6.45, 7) is 0.640. The predicted molar refractivity (Wildman–Crippen MR) is 63.1 cm³/mol. The van der Waals surface area contributed by atoms with Crippen molar-refractivity contribution in [2.45, 2.75) is 35.6 Å². The van der Waals surface area contributed by atoms with Crippen LogP contribution in [0.4, 0.5) is 13.2 Å². The van der Waals surface area contributed by atoms with Crippen LogP contribution in [0.1, 0.15) is 24.0 Å². The first kappa shape index (κ1) is 12.8. The Labute approximate surface area is 103 Å². The fourth-order valence-electron chi connectivity index (χ4n) is 1.98. The minimum Gasteiger partial charge on any atom is -0.330 e. The fraction of sp³-hybridized carbons (Fsp3) is 0.500. The highest BCUT2D eigenvalue weighted by Crippen LogP contribution is 2.41. The van der Waals surface area contributed by atoms with Crippen molar-refractivity contribution in [3.05, 3.63) is 29.3 Å². The molecule has 1 aromatic rings. The van der Waals surface area contributed by atoms with Gasteiger partial charge in [0.1, 0.15) is 0 Å². The summed E-state index contributed by atoms with van der Waals surface area (Å²) in [5, 5.41) is 0.386. The monoisotopic (exact) mass is 261 g/mol. The topological polar surface area (TPSA) is 26.0 Å². The second-order valence-corrected chi connectivity index (χ2v) is 5.54. The van der Waals surface area contributed by atoms with Crippen LogP contribution in [0.15, 0.2) is 23.1 Å². The van der Waals surface area contributed by atoms with Crippen LogP contribution >= 0.6 is 11.8 Å². The first-order valence-corrected chi connectivity index (χ1v) is 6.45. The van der Waals surface area contributed by atoms with Gasteiger partial charge < -0.3 is 5.73 Å². The van der Waals surface area contributed by atoms with Crippen LogP contribution in [-0.2, 0) is 12.6 Å². The average molecular weight is 261 g/mol. The Morgan fingerprint density at radius 2 is 2.12 bits per heavy atom. The number of rotatable bonds is 3. The number of thioether (sulfide) groups is 1. The highest BCUT2D eigenvalue weighted by Gasteiger charge is 2.32. The lowest BCUT2D eigenvalue weighted by Gasteiger charge is -2.08. The van der Waals surface area contributed by atoms with Crippen LogP contribution in [-0.4, -0.2) is 11.8 Å². The molecule has 0 saturated heterocycles. The Morgan fingerprint density at radius 3 is 2.76 bits per heavy atom. The van der Waals surface area contributed by atoms with Gasteiger partial charge >= 0.3 is 6.18 Å². The van der Waals surface area contributed by atoms with Gasteiger partial charge in [0.15, 0.2) is 0 Å².